The van der Waals surface area contributed by atoms with Gasteiger partial charge in [-0.05, 0) is 33.6 Å². The van der Waals surface area contributed by atoms with Crippen LogP contribution < -0.4 is 5.32 Å². The molecule has 1 N–H and O–H groups in total. The van der Waals surface area contributed by atoms with Crippen LogP contribution in [-0.4, -0.2) is 56.2 Å². The molecule has 1 amide bonds. The summed E-state index contributed by atoms with van der Waals surface area (Å²) in [6.45, 7) is 9.75. The van der Waals surface area contributed by atoms with Crippen LogP contribution >= 0.6 is 0 Å². The highest BCUT2D eigenvalue weighted by Gasteiger charge is 2.40. The SMILES string of the molecule is CCCCCCCC=C[C@@H]1OC[C@H](C)[C@H](OC)[C@H]1OC(=O)CNC(=O)OC(C)(C)C. The van der Waals surface area contributed by atoms with Gasteiger partial charge in [0.15, 0.2) is 6.10 Å². The summed E-state index contributed by atoms with van der Waals surface area (Å²) in [4.78, 5) is 24.1. The van der Waals surface area contributed by atoms with Gasteiger partial charge in [-0.2, -0.15) is 0 Å². The number of rotatable bonds is 11. The van der Waals surface area contributed by atoms with Gasteiger partial charge in [0, 0.05) is 13.0 Å². The Morgan fingerprint density at radius 3 is 2.47 bits per heavy atom. The Labute approximate surface area is 181 Å². The van der Waals surface area contributed by atoms with Gasteiger partial charge in [-0.1, -0.05) is 51.7 Å². The van der Waals surface area contributed by atoms with Gasteiger partial charge < -0.3 is 24.3 Å². The number of ether oxygens (including phenoxy) is 4. The zero-order valence-corrected chi connectivity index (χ0v) is 19.6. The Kier molecular flexibility index (Phi) is 12.0. The van der Waals surface area contributed by atoms with E-state index in [4.69, 9.17) is 18.9 Å². The van der Waals surface area contributed by atoms with Gasteiger partial charge in [0.1, 0.15) is 24.4 Å². The van der Waals surface area contributed by atoms with Crippen molar-refractivity contribution in [3.63, 3.8) is 0 Å². The van der Waals surface area contributed by atoms with E-state index in [-0.39, 0.29) is 24.7 Å². The molecule has 1 aliphatic heterocycles. The number of hydrogen-bond acceptors (Lipinski definition) is 6. The predicted molar refractivity (Wildman–Crippen MR) is 116 cm³/mol. The summed E-state index contributed by atoms with van der Waals surface area (Å²) in [5, 5.41) is 2.43. The van der Waals surface area contributed by atoms with E-state index in [1.165, 1.54) is 25.7 Å². The summed E-state index contributed by atoms with van der Waals surface area (Å²) >= 11 is 0. The second-order valence-corrected chi connectivity index (χ2v) is 8.92. The first-order valence-electron chi connectivity index (χ1n) is 11.1. The second kappa shape index (κ2) is 13.7. The molecule has 1 rings (SSSR count). The van der Waals surface area contributed by atoms with E-state index >= 15 is 0 Å². The van der Waals surface area contributed by atoms with Crippen LogP contribution in [0, 0.1) is 5.92 Å². The molecule has 0 saturated carbocycles. The van der Waals surface area contributed by atoms with Crippen molar-refractivity contribution in [1.82, 2.24) is 5.32 Å². The van der Waals surface area contributed by atoms with E-state index in [2.05, 4.69) is 18.3 Å². The molecule has 0 aromatic heterocycles. The molecule has 1 fully saturated rings. The van der Waals surface area contributed by atoms with Gasteiger partial charge in [-0.15, -0.1) is 0 Å². The van der Waals surface area contributed by atoms with E-state index < -0.39 is 23.8 Å². The van der Waals surface area contributed by atoms with Crippen LogP contribution in [0.1, 0.15) is 73.1 Å². The number of allylic oxidation sites excluding steroid dienone is 1. The van der Waals surface area contributed by atoms with Crippen molar-refractivity contribution in [2.24, 2.45) is 5.92 Å². The number of amides is 1. The molecule has 4 atom stereocenters. The summed E-state index contributed by atoms with van der Waals surface area (Å²) in [5.74, 6) is -0.464. The molecule has 1 saturated heterocycles. The molecule has 174 valence electrons. The first kappa shape index (κ1) is 26.4. The summed E-state index contributed by atoms with van der Waals surface area (Å²) < 4.78 is 22.3. The minimum Gasteiger partial charge on any atom is -0.455 e. The largest absolute Gasteiger partial charge is 0.455 e. The van der Waals surface area contributed by atoms with Crippen molar-refractivity contribution in [2.45, 2.75) is 97.1 Å². The minimum atomic E-state index is -0.657. The van der Waals surface area contributed by atoms with Gasteiger partial charge >= 0.3 is 12.1 Å². The lowest BCUT2D eigenvalue weighted by atomic mass is 9.93. The smallest absolute Gasteiger partial charge is 0.408 e. The molecule has 1 heterocycles. The molecule has 7 heteroatoms. The maximum absolute atomic E-state index is 12.3. The third kappa shape index (κ3) is 10.4. The Morgan fingerprint density at radius 2 is 1.83 bits per heavy atom. The van der Waals surface area contributed by atoms with Crippen LogP contribution in [0.15, 0.2) is 12.2 Å². The summed E-state index contributed by atoms with van der Waals surface area (Å²) in [5.41, 5.74) is -0.631. The Bertz CT molecular complexity index is 542. The van der Waals surface area contributed by atoms with Crippen molar-refractivity contribution >= 4 is 12.1 Å². The van der Waals surface area contributed by atoms with Crippen LogP contribution in [-0.2, 0) is 23.7 Å². The lowest BCUT2D eigenvalue weighted by Crippen LogP contribution is -2.52. The monoisotopic (exact) mass is 427 g/mol. The number of unbranched alkanes of at least 4 members (excludes halogenated alkanes) is 5. The molecule has 0 radical (unpaired) electrons. The van der Waals surface area contributed by atoms with Crippen molar-refractivity contribution in [3.05, 3.63) is 12.2 Å². The van der Waals surface area contributed by atoms with E-state index in [0.29, 0.717) is 6.61 Å². The Morgan fingerprint density at radius 1 is 1.13 bits per heavy atom. The van der Waals surface area contributed by atoms with Crippen molar-refractivity contribution < 1.29 is 28.5 Å². The molecule has 30 heavy (non-hydrogen) atoms. The van der Waals surface area contributed by atoms with Crippen LogP contribution in [0.3, 0.4) is 0 Å². The van der Waals surface area contributed by atoms with Gasteiger partial charge in [0.25, 0.3) is 0 Å². The number of methoxy groups -OCH3 is 1. The standard InChI is InChI=1S/C23H41NO6/c1-7-8-9-10-11-12-13-14-18-21(20(27-6)17(2)16-28-18)29-19(25)15-24-22(26)30-23(3,4)5/h13-14,17-18,20-21H,7-12,15-16H2,1-6H3,(H,24,26)/t17-,18-,20-,21-/m0/s1. The van der Waals surface area contributed by atoms with Crippen molar-refractivity contribution in [2.75, 3.05) is 20.3 Å². The lowest BCUT2D eigenvalue weighted by Gasteiger charge is -2.39. The van der Waals surface area contributed by atoms with Crippen LogP contribution in [0.5, 0.6) is 0 Å². The lowest BCUT2D eigenvalue weighted by molar-refractivity contribution is -0.189. The van der Waals surface area contributed by atoms with Gasteiger partial charge in [-0.25, -0.2) is 4.79 Å². The highest BCUT2D eigenvalue weighted by Crippen LogP contribution is 2.26. The highest BCUT2D eigenvalue weighted by molar-refractivity contribution is 5.78. The topological polar surface area (TPSA) is 83.1 Å². The summed E-state index contributed by atoms with van der Waals surface area (Å²) in [6.07, 6.45) is 9.30. The molecular weight excluding hydrogens is 386 g/mol. The molecule has 1 aliphatic rings. The Balaban J connectivity index is 2.59. The van der Waals surface area contributed by atoms with Gasteiger partial charge in [-0.3, -0.25) is 4.79 Å². The predicted octanol–water partition coefficient (Wildman–Crippen LogP) is 4.39. The second-order valence-electron chi connectivity index (χ2n) is 8.92. The van der Waals surface area contributed by atoms with E-state index in [1.807, 2.05) is 13.0 Å². The quantitative estimate of drug-likeness (QED) is 0.299. The molecule has 0 bridgehead atoms. The maximum atomic E-state index is 12.3. The fourth-order valence-corrected chi connectivity index (χ4v) is 3.38. The van der Waals surface area contributed by atoms with Crippen LogP contribution in [0.4, 0.5) is 4.79 Å². The fraction of sp³-hybridized carbons (Fsp3) is 0.826. The third-order valence-corrected chi connectivity index (χ3v) is 4.88. The van der Waals surface area contributed by atoms with E-state index in [0.717, 1.165) is 12.8 Å². The van der Waals surface area contributed by atoms with E-state index in [1.54, 1.807) is 27.9 Å². The first-order chi connectivity index (χ1) is 14.2. The zero-order chi connectivity index (χ0) is 22.6. The normalized spacial score (nSPS) is 24.6. The molecule has 0 unspecified atom stereocenters. The molecular formula is C23H41NO6. The Hall–Kier alpha value is -1.60. The molecule has 0 aliphatic carbocycles. The first-order valence-corrected chi connectivity index (χ1v) is 11.1. The number of carbonyl (C=O) groups excluding carboxylic acids is 2. The number of alkyl carbamates (subject to hydrolysis) is 1. The third-order valence-electron chi connectivity index (χ3n) is 4.88. The van der Waals surface area contributed by atoms with E-state index in [9.17, 15) is 9.59 Å². The molecule has 7 nitrogen and oxygen atoms in total. The maximum Gasteiger partial charge on any atom is 0.408 e. The molecule has 0 aromatic carbocycles. The van der Waals surface area contributed by atoms with Crippen molar-refractivity contribution in [1.29, 1.82) is 0 Å². The molecule has 0 spiro atoms. The highest BCUT2D eigenvalue weighted by atomic mass is 16.6. The summed E-state index contributed by atoms with van der Waals surface area (Å²) in [6, 6.07) is 0. The number of esters is 1. The molecule has 0 aromatic rings. The number of hydrogen-bond donors (Lipinski definition) is 1. The number of nitrogens with one attached hydrogen (secondary N) is 1. The average Bonchev–Trinajstić information content (AvgIpc) is 2.66. The van der Waals surface area contributed by atoms with Gasteiger partial charge in [0.05, 0.1) is 6.61 Å². The fourth-order valence-electron chi connectivity index (χ4n) is 3.38. The van der Waals surface area contributed by atoms with Crippen molar-refractivity contribution in [3.8, 4) is 0 Å². The summed E-state index contributed by atoms with van der Waals surface area (Å²) in [7, 11) is 1.61. The van der Waals surface area contributed by atoms with Crippen LogP contribution in [0.2, 0.25) is 0 Å². The zero-order valence-electron chi connectivity index (χ0n) is 19.6. The average molecular weight is 428 g/mol. The van der Waals surface area contributed by atoms with Crippen LogP contribution in [0.25, 0.3) is 0 Å². The minimum absolute atomic E-state index is 0.0882. The number of carbonyl (C=O) groups is 2. The van der Waals surface area contributed by atoms with Gasteiger partial charge in [0.2, 0.25) is 0 Å².